The molecular formula is C11H10ClF4NO. The molecule has 1 rings (SSSR count). The fourth-order valence-corrected chi connectivity index (χ4v) is 1.36. The van der Waals surface area contributed by atoms with Gasteiger partial charge in [-0.2, -0.15) is 13.2 Å². The lowest BCUT2D eigenvalue weighted by molar-refractivity contribution is -0.141. The Morgan fingerprint density at radius 2 is 2.06 bits per heavy atom. The van der Waals surface area contributed by atoms with E-state index in [-0.39, 0.29) is 17.1 Å². The van der Waals surface area contributed by atoms with Gasteiger partial charge in [0, 0.05) is 5.56 Å². The van der Waals surface area contributed by atoms with Crippen LogP contribution >= 0.6 is 11.6 Å². The second-order valence-electron chi connectivity index (χ2n) is 3.49. The van der Waals surface area contributed by atoms with Gasteiger partial charge in [-0.05, 0) is 18.6 Å². The lowest BCUT2D eigenvalue weighted by atomic mass is 10.2. The predicted octanol–water partition coefficient (Wildman–Crippen LogP) is 3.49. The number of hydrogen-bond acceptors (Lipinski definition) is 2. The summed E-state index contributed by atoms with van der Waals surface area (Å²) < 4.78 is 49.5. The molecule has 0 radical (unpaired) electrons. The molecule has 0 aliphatic rings. The maximum absolute atomic E-state index is 12.7. The fraction of sp³-hybridized carbons (Fsp3) is 0.364. The fourth-order valence-electron chi connectivity index (χ4n) is 1.14. The lowest BCUT2D eigenvalue weighted by Gasteiger charge is -2.06. The molecule has 0 saturated carbocycles. The molecule has 7 heteroatoms. The molecule has 1 atom stereocenters. The van der Waals surface area contributed by atoms with Crippen molar-refractivity contribution in [2.24, 2.45) is 0 Å². The average molecular weight is 284 g/mol. The minimum atomic E-state index is -4.55. The van der Waals surface area contributed by atoms with E-state index in [9.17, 15) is 17.6 Å². The topological polar surface area (TPSA) is 33.1 Å². The van der Waals surface area contributed by atoms with E-state index >= 15 is 0 Å². The molecule has 0 aliphatic heterocycles. The Labute approximate surface area is 106 Å². The molecule has 1 aromatic heterocycles. The van der Waals surface area contributed by atoms with E-state index in [1.54, 1.807) is 0 Å². The normalized spacial score (nSPS) is 14.1. The first-order valence-corrected chi connectivity index (χ1v) is 5.37. The Hall–Kier alpha value is -1.14. The number of allylic oxidation sites excluding steroid dienone is 1. The van der Waals surface area contributed by atoms with Crippen LogP contribution < -0.4 is 0 Å². The van der Waals surface area contributed by atoms with E-state index in [0.717, 1.165) is 12.1 Å². The largest absolute Gasteiger partial charge is 0.433 e. The van der Waals surface area contributed by atoms with Gasteiger partial charge >= 0.3 is 6.18 Å². The zero-order chi connectivity index (χ0) is 13.8. The quantitative estimate of drug-likeness (QED) is 0.678. The number of alkyl halides is 4. The molecule has 0 fully saturated rings. The van der Waals surface area contributed by atoms with E-state index < -0.39 is 24.6 Å². The molecule has 2 nitrogen and oxygen atoms in total. The minimum absolute atomic E-state index is 0.0478. The Bertz CT molecular complexity index is 434. The standard InChI is InChI=1S/C11H10ClF4NO/c12-10-7(2-1-3-8(13)6-18)4-5-9(17-10)11(14,15)16/h1-2,4-5,8,18H,3,6H2/b2-1+/t8-/m1/s1. The number of pyridine rings is 1. The van der Waals surface area contributed by atoms with Crippen molar-refractivity contribution >= 4 is 17.7 Å². The Kier molecular flexibility index (Phi) is 5.10. The van der Waals surface area contributed by atoms with E-state index in [1.807, 2.05) is 0 Å². The SMILES string of the molecule is OC[C@H](F)C/C=C/c1ccc(C(F)(F)F)nc1Cl. The third-order valence-electron chi connectivity index (χ3n) is 2.06. The Morgan fingerprint density at radius 3 is 2.56 bits per heavy atom. The third kappa shape index (κ3) is 4.27. The van der Waals surface area contributed by atoms with Gasteiger partial charge in [-0.3, -0.25) is 0 Å². The van der Waals surface area contributed by atoms with Crippen LogP contribution in [-0.2, 0) is 6.18 Å². The monoisotopic (exact) mass is 283 g/mol. The summed E-state index contributed by atoms with van der Waals surface area (Å²) in [6, 6.07) is 1.95. The van der Waals surface area contributed by atoms with Crippen LogP contribution in [-0.4, -0.2) is 22.9 Å². The number of aliphatic hydroxyl groups is 1. The summed E-state index contributed by atoms with van der Waals surface area (Å²) in [5.74, 6) is 0. The summed E-state index contributed by atoms with van der Waals surface area (Å²) in [5, 5.41) is 8.14. The summed E-state index contributed by atoms with van der Waals surface area (Å²) in [6.45, 7) is -0.608. The van der Waals surface area contributed by atoms with Crippen molar-refractivity contribution in [3.8, 4) is 0 Å². The number of rotatable bonds is 4. The Morgan fingerprint density at radius 1 is 1.39 bits per heavy atom. The van der Waals surface area contributed by atoms with Gasteiger partial charge in [0.15, 0.2) is 0 Å². The van der Waals surface area contributed by atoms with Gasteiger partial charge in [-0.15, -0.1) is 0 Å². The second-order valence-corrected chi connectivity index (χ2v) is 3.85. The maximum atomic E-state index is 12.7. The molecule has 1 aromatic rings. The van der Waals surface area contributed by atoms with Gasteiger partial charge in [0.25, 0.3) is 0 Å². The van der Waals surface area contributed by atoms with Crippen molar-refractivity contribution < 1.29 is 22.7 Å². The van der Waals surface area contributed by atoms with Crippen molar-refractivity contribution in [1.29, 1.82) is 0 Å². The average Bonchev–Trinajstić information content (AvgIpc) is 2.29. The second kappa shape index (κ2) is 6.15. The van der Waals surface area contributed by atoms with Crippen LogP contribution in [0, 0.1) is 0 Å². The first kappa shape index (κ1) is 14.9. The first-order chi connectivity index (χ1) is 8.34. The van der Waals surface area contributed by atoms with Crippen LogP contribution in [0.3, 0.4) is 0 Å². The van der Waals surface area contributed by atoms with E-state index in [0.29, 0.717) is 0 Å². The van der Waals surface area contributed by atoms with Crippen molar-refractivity contribution in [3.05, 3.63) is 34.6 Å². The van der Waals surface area contributed by atoms with E-state index in [1.165, 1.54) is 12.2 Å². The van der Waals surface area contributed by atoms with Crippen molar-refractivity contribution in [3.63, 3.8) is 0 Å². The summed E-state index contributed by atoms with van der Waals surface area (Å²) in [6.07, 6.45) is -3.27. The molecule has 100 valence electrons. The molecule has 0 amide bonds. The van der Waals surface area contributed by atoms with Crippen LogP contribution in [0.4, 0.5) is 17.6 Å². The van der Waals surface area contributed by atoms with Gasteiger partial charge in [0.1, 0.15) is 17.0 Å². The van der Waals surface area contributed by atoms with Gasteiger partial charge in [0.2, 0.25) is 0 Å². The zero-order valence-electron chi connectivity index (χ0n) is 9.09. The van der Waals surface area contributed by atoms with E-state index in [2.05, 4.69) is 4.98 Å². The predicted molar refractivity (Wildman–Crippen MR) is 59.9 cm³/mol. The summed E-state index contributed by atoms with van der Waals surface area (Å²) in [7, 11) is 0. The number of hydrogen-bond donors (Lipinski definition) is 1. The zero-order valence-corrected chi connectivity index (χ0v) is 9.84. The van der Waals surface area contributed by atoms with Crippen LogP contribution in [0.1, 0.15) is 17.7 Å². The van der Waals surface area contributed by atoms with E-state index in [4.69, 9.17) is 16.7 Å². The molecule has 0 spiro atoms. The number of aliphatic hydroxyl groups excluding tert-OH is 1. The molecule has 0 unspecified atom stereocenters. The molecule has 1 N–H and O–H groups in total. The number of nitrogens with zero attached hydrogens (tertiary/aromatic N) is 1. The molecule has 0 aliphatic carbocycles. The van der Waals surface area contributed by atoms with Gasteiger partial charge < -0.3 is 5.11 Å². The third-order valence-corrected chi connectivity index (χ3v) is 2.36. The van der Waals surface area contributed by atoms with Crippen molar-refractivity contribution in [1.82, 2.24) is 4.98 Å². The molecule has 0 saturated heterocycles. The molecular weight excluding hydrogens is 274 g/mol. The van der Waals surface area contributed by atoms with Crippen molar-refractivity contribution in [2.45, 2.75) is 18.8 Å². The van der Waals surface area contributed by atoms with Crippen LogP contribution in [0.2, 0.25) is 5.15 Å². The summed E-state index contributed by atoms with van der Waals surface area (Å²) in [5.41, 5.74) is -0.821. The van der Waals surface area contributed by atoms with Crippen LogP contribution in [0.5, 0.6) is 0 Å². The Balaban J connectivity index is 2.80. The summed E-state index contributed by atoms with van der Waals surface area (Å²) in [4.78, 5) is 3.21. The first-order valence-electron chi connectivity index (χ1n) is 5.00. The molecule has 0 aromatic carbocycles. The van der Waals surface area contributed by atoms with Gasteiger partial charge in [0.05, 0.1) is 6.61 Å². The number of halogens is 5. The van der Waals surface area contributed by atoms with Gasteiger partial charge in [-0.25, -0.2) is 9.37 Å². The smallest absolute Gasteiger partial charge is 0.393 e. The number of aromatic nitrogens is 1. The molecule has 1 heterocycles. The lowest BCUT2D eigenvalue weighted by Crippen LogP contribution is -2.08. The van der Waals surface area contributed by atoms with Crippen molar-refractivity contribution in [2.75, 3.05) is 6.61 Å². The van der Waals surface area contributed by atoms with Crippen LogP contribution in [0.25, 0.3) is 6.08 Å². The molecule has 0 bridgehead atoms. The minimum Gasteiger partial charge on any atom is -0.393 e. The van der Waals surface area contributed by atoms with Gasteiger partial charge in [-0.1, -0.05) is 23.8 Å². The summed E-state index contributed by atoms with van der Waals surface area (Å²) >= 11 is 5.58. The maximum Gasteiger partial charge on any atom is 0.433 e. The highest BCUT2D eigenvalue weighted by molar-refractivity contribution is 6.30. The van der Waals surface area contributed by atoms with Crippen LogP contribution in [0.15, 0.2) is 18.2 Å². The highest BCUT2D eigenvalue weighted by atomic mass is 35.5. The highest BCUT2D eigenvalue weighted by Gasteiger charge is 2.32. The molecule has 18 heavy (non-hydrogen) atoms. The highest BCUT2D eigenvalue weighted by Crippen LogP contribution is 2.29.